The fraction of sp³-hybridized carbons (Fsp3) is 0.429. The molecule has 32 heavy (non-hydrogen) atoms. The molecule has 1 N–H and O–H groups in total. The van der Waals surface area contributed by atoms with Gasteiger partial charge in [0.2, 0.25) is 0 Å². The fourth-order valence-electron chi connectivity index (χ4n) is 6.91. The molecule has 0 saturated heterocycles. The van der Waals surface area contributed by atoms with Crippen molar-refractivity contribution >= 4 is 34.0 Å². The van der Waals surface area contributed by atoms with Crippen LogP contribution in [0.5, 0.6) is 5.75 Å². The van der Waals surface area contributed by atoms with Gasteiger partial charge >= 0.3 is 0 Å². The quantitative estimate of drug-likeness (QED) is 0.403. The average Bonchev–Trinajstić information content (AvgIpc) is 2.78. The van der Waals surface area contributed by atoms with E-state index in [1.807, 2.05) is 12.1 Å². The van der Waals surface area contributed by atoms with Crippen LogP contribution in [-0.4, -0.2) is 6.04 Å². The highest BCUT2D eigenvalue weighted by Crippen LogP contribution is 2.53. The lowest BCUT2D eigenvalue weighted by atomic mass is 9.54. The maximum absolute atomic E-state index is 6.39. The molecule has 0 heterocycles. The molecule has 4 aliphatic carbocycles. The molecule has 4 heteroatoms. The topological polar surface area (TPSA) is 21.3 Å². The third kappa shape index (κ3) is 3.91. The second-order valence-electron chi connectivity index (χ2n) is 10.1. The zero-order valence-electron chi connectivity index (χ0n) is 18.2. The summed E-state index contributed by atoms with van der Waals surface area (Å²) in [6.07, 6.45) is 7.21. The Labute approximate surface area is 200 Å². The maximum Gasteiger partial charge on any atom is 0.124 e. The lowest BCUT2D eigenvalue weighted by molar-refractivity contribution is -0.0143. The molecule has 0 radical (unpaired) electrons. The zero-order valence-corrected chi connectivity index (χ0v) is 19.7. The molecule has 4 aliphatic rings. The predicted molar refractivity (Wildman–Crippen MR) is 132 cm³/mol. The van der Waals surface area contributed by atoms with Crippen LogP contribution in [0.4, 0.5) is 0 Å². The van der Waals surface area contributed by atoms with Crippen LogP contribution in [0.1, 0.15) is 43.2 Å². The lowest BCUT2D eigenvalue weighted by Crippen LogP contribution is -2.54. The van der Waals surface area contributed by atoms with Crippen LogP contribution in [0.3, 0.4) is 0 Å². The molecule has 0 aliphatic heterocycles. The molecule has 0 aromatic heterocycles. The first-order chi connectivity index (χ1) is 15.6. The van der Waals surface area contributed by atoms with Crippen molar-refractivity contribution in [3.63, 3.8) is 0 Å². The number of halogens is 2. The molecule has 7 rings (SSSR count). The Hall–Kier alpha value is -1.74. The molecule has 166 valence electrons. The van der Waals surface area contributed by atoms with Crippen LogP contribution in [0, 0.1) is 23.7 Å². The number of ether oxygens (including phenoxy) is 1. The van der Waals surface area contributed by atoms with Crippen molar-refractivity contribution < 1.29 is 4.74 Å². The highest BCUT2D eigenvalue weighted by molar-refractivity contribution is 6.35. The van der Waals surface area contributed by atoms with E-state index >= 15 is 0 Å². The third-order valence-corrected chi connectivity index (χ3v) is 8.72. The van der Waals surface area contributed by atoms with E-state index in [1.54, 1.807) is 6.07 Å². The van der Waals surface area contributed by atoms with Crippen molar-refractivity contribution in [3.8, 4) is 5.75 Å². The highest BCUT2D eigenvalue weighted by Gasteiger charge is 2.47. The van der Waals surface area contributed by atoms with Crippen LogP contribution < -0.4 is 10.1 Å². The summed E-state index contributed by atoms with van der Waals surface area (Å²) in [5, 5.41) is 7.82. The highest BCUT2D eigenvalue weighted by atomic mass is 35.5. The largest absolute Gasteiger partial charge is 0.488 e. The Balaban J connectivity index is 1.25. The van der Waals surface area contributed by atoms with Crippen molar-refractivity contribution in [2.24, 2.45) is 23.7 Å². The van der Waals surface area contributed by atoms with Gasteiger partial charge in [-0.25, -0.2) is 0 Å². The van der Waals surface area contributed by atoms with Gasteiger partial charge in [0.1, 0.15) is 12.4 Å². The Kier molecular flexibility index (Phi) is 5.57. The van der Waals surface area contributed by atoms with E-state index in [-0.39, 0.29) is 0 Å². The lowest BCUT2D eigenvalue weighted by Gasteiger charge is -2.54. The maximum atomic E-state index is 6.39. The molecular formula is C28H29Cl2NO. The second kappa shape index (κ2) is 8.56. The van der Waals surface area contributed by atoms with Gasteiger partial charge in [0.15, 0.2) is 0 Å². The minimum absolute atomic E-state index is 0.430. The number of fused-ring (bicyclic) bond motifs is 1. The first-order valence-corrected chi connectivity index (χ1v) is 12.7. The first-order valence-electron chi connectivity index (χ1n) is 11.9. The monoisotopic (exact) mass is 465 g/mol. The van der Waals surface area contributed by atoms with E-state index in [1.165, 1.54) is 48.4 Å². The number of hydrogen-bond acceptors (Lipinski definition) is 2. The van der Waals surface area contributed by atoms with Crippen LogP contribution in [0.25, 0.3) is 10.8 Å². The van der Waals surface area contributed by atoms with Crippen LogP contribution in [0.2, 0.25) is 10.0 Å². The predicted octanol–water partition coefficient (Wildman–Crippen LogP) is 7.64. The Bertz CT molecular complexity index is 1120. The Morgan fingerprint density at radius 3 is 2.34 bits per heavy atom. The SMILES string of the molecule is Clc1ccc(COc2ccc3ccccc3c2CNC2C3CC4CC(C3)CC2C4)c(Cl)c1. The van der Waals surface area contributed by atoms with Crippen LogP contribution >= 0.6 is 23.2 Å². The molecule has 0 amide bonds. The summed E-state index contributed by atoms with van der Waals surface area (Å²) in [6, 6.07) is 19.1. The summed E-state index contributed by atoms with van der Waals surface area (Å²) >= 11 is 12.4. The molecule has 0 spiro atoms. The molecule has 3 aromatic rings. The van der Waals surface area contributed by atoms with E-state index in [0.717, 1.165) is 41.5 Å². The van der Waals surface area contributed by atoms with E-state index in [0.29, 0.717) is 22.7 Å². The van der Waals surface area contributed by atoms with Gasteiger partial charge in [-0.1, -0.05) is 59.6 Å². The van der Waals surface area contributed by atoms with Gasteiger partial charge in [0.25, 0.3) is 0 Å². The zero-order chi connectivity index (χ0) is 21.7. The van der Waals surface area contributed by atoms with Crippen molar-refractivity contribution in [1.82, 2.24) is 5.32 Å². The van der Waals surface area contributed by atoms with Gasteiger partial charge < -0.3 is 10.1 Å². The molecule has 0 unspecified atom stereocenters. The molecule has 3 aromatic carbocycles. The second-order valence-corrected chi connectivity index (χ2v) is 11.0. The molecule has 4 bridgehead atoms. The van der Waals surface area contributed by atoms with Gasteiger partial charge in [0.05, 0.1) is 0 Å². The summed E-state index contributed by atoms with van der Waals surface area (Å²) in [6.45, 7) is 1.28. The summed E-state index contributed by atoms with van der Waals surface area (Å²) in [5.74, 6) is 4.65. The number of benzene rings is 3. The van der Waals surface area contributed by atoms with Crippen molar-refractivity contribution in [2.75, 3.05) is 0 Å². The molecule has 4 fully saturated rings. The summed E-state index contributed by atoms with van der Waals surface area (Å²) < 4.78 is 6.34. The van der Waals surface area contributed by atoms with Gasteiger partial charge in [0, 0.05) is 33.8 Å². The Morgan fingerprint density at radius 2 is 1.59 bits per heavy atom. The summed E-state index contributed by atoms with van der Waals surface area (Å²) in [4.78, 5) is 0. The van der Waals surface area contributed by atoms with Crippen LogP contribution in [0.15, 0.2) is 54.6 Å². The number of hydrogen-bond donors (Lipinski definition) is 1. The first kappa shape index (κ1) is 20.8. The standard InChI is InChI=1S/C28H29Cl2NO/c29-23-7-5-20(26(30)14-23)16-32-27-8-6-19-3-1-2-4-24(19)25(27)15-31-28-21-10-17-9-18(12-21)13-22(28)11-17/h1-8,14,17-18,21-22,28,31H,9-13,15-16H2. The molecule has 2 nitrogen and oxygen atoms in total. The van der Waals surface area contributed by atoms with E-state index in [9.17, 15) is 0 Å². The van der Waals surface area contributed by atoms with Gasteiger partial charge in [-0.15, -0.1) is 0 Å². The minimum atomic E-state index is 0.430. The van der Waals surface area contributed by atoms with Crippen molar-refractivity contribution in [2.45, 2.75) is 51.3 Å². The normalized spacial score (nSPS) is 28.4. The van der Waals surface area contributed by atoms with Gasteiger partial charge in [-0.05, 0) is 84.7 Å². The molecular weight excluding hydrogens is 437 g/mol. The van der Waals surface area contributed by atoms with Crippen molar-refractivity contribution in [3.05, 3.63) is 75.8 Å². The molecule has 0 atom stereocenters. The average molecular weight is 466 g/mol. The molecule has 4 saturated carbocycles. The van der Waals surface area contributed by atoms with E-state index < -0.39 is 0 Å². The third-order valence-electron chi connectivity index (χ3n) is 8.14. The van der Waals surface area contributed by atoms with Crippen molar-refractivity contribution in [1.29, 1.82) is 0 Å². The van der Waals surface area contributed by atoms with Crippen LogP contribution in [-0.2, 0) is 13.2 Å². The van der Waals surface area contributed by atoms with Gasteiger partial charge in [-0.3, -0.25) is 0 Å². The summed E-state index contributed by atoms with van der Waals surface area (Å²) in [7, 11) is 0. The number of nitrogens with one attached hydrogen (secondary N) is 1. The smallest absolute Gasteiger partial charge is 0.124 e. The van der Waals surface area contributed by atoms with E-state index in [4.69, 9.17) is 27.9 Å². The fourth-order valence-corrected chi connectivity index (χ4v) is 7.37. The van der Waals surface area contributed by atoms with E-state index in [2.05, 4.69) is 41.7 Å². The minimum Gasteiger partial charge on any atom is -0.488 e. The Morgan fingerprint density at radius 1 is 0.844 bits per heavy atom. The summed E-state index contributed by atoms with van der Waals surface area (Å²) in [5.41, 5.74) is 2.20. The number of rotatable bonds is 6. The van der Waals surface area contributed by atoms with Gasteiger partial charge in [-0.2, -0.15) is 0 Å².